The van der Waals surface area contributed by atoms with Crippen LogP contribution in [0.25, 0.3) is 0 Å². The first-order valence-electron chi connectivity index (χ1n) is 8.30. The number of nitrogens with one attached hydrogen (secondary N) is 1. The predicted octanol–water partition coefficient (Wildman–Crippen LogP) is 3.38. The summed E-state index contributed by atoms with van der Waals surface area (Å²) in [5.74, 6) is 1.43. The van der Waals surface area contributed by atoms with Gasteiger partial charge >= 0.3 is 6.09 Å². The van der Waals surface area contributed by atoms with E-state index in [4.69, 9.17) is 19.6 Å². The number of benzene rings is 1. The molecule has 3 N–H and O–H groups in total. The second-order valence-corrected chi connectivity index (χ2v) is 6.75. The fraction of sp³-hybridized carbons (Fsp3) is 0.421. The molecule has 0 atom stereocenters. The Bertz CT molecular complexity index is 671. The smallest absolute Gasteiger partial charge is 0.408 e. The van der Waals surface area contributed by atoms with Crippen LogP contribution < -0.4 is 15.8 Å². The largest absolute Gasteiger partial charge is 0.489 e. The number of furan rings is 1. The van der Waals surface area contributed by atoms with Crippen LogP contribution in [0.15, 0.2) is 41.0 Å². The van der Waals surface area contributed by atoms with Crippen molar-refractivity contribution in [2.75, 3.05) is 6.54 Å². The lowest BCUT2D eigenvalue weighted by atomic mass is 10.1. The van der Waals surface area contributed by atoms with Crippen LogP contribution in [0.5, 0.6) is 5.75 Å². The Balaban J connectivity index is 1.78. The van der Waals surface area contributed by atoms with Crippen molar-refractivity contribution < 1.29 is 18.7 Å². The molecule has 25 heavy (non-hydrogen) atoms. The molecule has 136 valence electrons. The van der Waals surface area contributed by atoms with Crippen LogP contribution >= 0.6 is 0 Å². The van der Waals surface area contributed by atoms with Crippen molar-refractivity contribution in [3.63, 3.8) is 0 Å². The zero-order valence-electron chi connectivity index (χ0n) is 15.0. The van der Waals surface area contributed by atoms with E-state index in [1.165, 1.54) is 5.56 Å². The molecule has 0 saturated heterocycles. The van der Waals surface area contributed by atoms with Gasteiger partial charge in [0.25, 0.3) is 0 Å². The minimum Gasteiger partial charge on any atom is -0.489 e. The minimum absolute atomic E-state index is 0.267. The lowest BCUT2D eigenvalue weighted by molar-refractivity contribution is 0.0520. The van der Waals surface area contributed by atoms with E-state index in [1.807, 2.05) is 51.1 Å². The molecule has 0 radical (unpaired) electrons. The summed E-state index contributed by atoms with van der Waals surface area (Å²) < 4.78 is 16.3. The highest BCUT2D eigenvalue weighted by atomic mass is 16.6. The molecule has 1 aromatic heterocycles. The summed E-state index contributed by atoms with van der Waals surface area (Å²) in [6.07, 6.45) is 2.00. The highest BCUT2D eigenvalue weighted by molar-refractivity contribution is 5.67. The quantitative estimate of drug-likeness (QED) is 0.802. The topological polar surface area (TPSA) is 86.7 Å². The Hall–Kier alpha value is -2.47. The fourth-order valence-electron chi connectivity index (χ4n) is 2.15. The second kappa shape index (κ2) is 8.58. The average molecular weight is 346 g/mol. The highest BCUT2D eigenvalue weighted by Gasteiger charge is 2.16. The molecule has 0 aliphatic heterocycles. The van der Waals surface area contributed by atoms with E-state index in [0.717, 1.165) is 17.7 Å². The van der Waals surface area contributed by atoms with Crippen LogP contribution in [0.4, 0.5) is 4.79 Å². The van der Waals surface area contributed by atoms with Crippen molar-refractivity contribution in [3.05, 3.63) is 53.5 Å². The SMILES string of the molecule is CC(C)(C)OC(=O)NCc1cc(COc2ccc(CCN)cc2)co1. The van der Waals surface area contributed by atoms with E-state index < -0.39 is 11.7 Å². The Morgan fingerprint density at radius 3 is 2.56 bits per heavy atom. The predicted molar refractivity (Wildman–Crippen MR) is 95.3 cm³/mol. The summed E-state index contributed by atoms with van der Waals surface area (Å²) in [7, 11) is 0. The maximum atomic E-state index is 11.6. The number of alkyl carbamates (subject to hydrolysis) is 1. The van der Waals surface area contributed by atoms with Gasteiger partial charge in [-0.3, -0.25) is 0 Å². The van der Waals surface area contributed by atoms with E-state index >= 15 is 0 Å². The summed E-state index contributed by atoms with van der Waals surface area (Å²) in [5.41, 5.74) is 7.10. The molecule has 1 aromatic carbocycles. The first-order chi connectivity index (χ1) is 11.9. The zero-order valence-corrected chi connectivity index (χ0v) is 15.0. The molecule has 2 aromatic rings. The van der Waals surface area contributed by atoms with Crippen molar-refractivity contribution >= 4 is 6.09 Å². The molecule has 6 heteroatoms. The second-order valence-electron chi connectivity index (χ2n) is 6.75. The molecule has 0 saturated carbocycles. The number of amides is 1. The Labute approximate surface area is 148 Å². The molecular weight excluding hydrogens is 320 g/mol. The van der Waals surface area contributed by atoms with E-state index in [2.05, 4.69) is 5.32 Å². The fourth-order valence-corrected chi connectivity index (χ4v) is 2.15. The Kier molecular flexibility index (Phi) is 6.47. The maximum Gasteiger partial charge on any atom is 0.408 e. The Morgan fingerprint density at radius 2 is 1.92 bits per heavy atom. The normalized spacial score (nSPS) is 11.2. The molecule has 0 unspecified atom stereocenters. The monoisotopic (exact) mass is 346 g/mol. The van der Waals surface area contributed by atoms with Gasteiger partial charge in [0.15, 0.2) is 0 Å². The number of carbonyl (C=O) groups is 1. The number of hydrogen-bond acceptors (Lipinski definition) is 5. The third kappa shape index (κ3) is 6.89. The average Bonchev–Trinajstić information content (AvgIpc) is 2.99. The third-order valence-corrected chi connectivity index (χ3v) is 3.28. The third-order valence-electron chi connectivity index (χ3n) is 3.28. The molecule has 1 heterocycles. The summed E-state index contributed by atoms with van der Waals surface area (Å²) in [6.45, 7) is 6.75. The summed E-state index contributed by atoms with van der Waals surface area (Å²) in [6, 6.07) is 9.72. The van der Waals surface area contributed by atoms with Gasteiger partial charge in [0.1, 0.15) is 23.7 Å². The summed E-state index contributed by atoms with van der Waals surface area (Å²) in [4.78, 5) is 11.6. The van der Waals surface area contributed by atoms with Crippen molar-refractivity contribution in [1.29, 1.82) is 0 Å². The molecule has 0 spiro atoms. The summed E-state index contributed by atoms with van der Waals surface area (Å²) in [5, 5.41) is 2.65. The molecule has 0 bridgehead atoms. The van der Waals surface area contributed by atoms with Crippen LogP contribution in [0.3, 0.4) is 0 Å². The van der Waals surface area contributed by atoms with Gasteiger partial charge in [-0.1, -0.05) is 12.1 Å². The molecule has 0 fully saturated rings. The van der Waals surface area contributed by atoms with Gasteiger partial charge in [0, 0.05) is 5.56 Å². The van der Waals surface area contributed by atoms with E-state index in [0.29, 0.717) is 18.9 Å². The standard InChI is InChI=1S/C19H26N2O4/c1-19(2,3)25-18(22)21-11-17-10-15(13-24-17)12-23-16-6-4-14(5-7-16)8-9-20/h4-7,10,13H,8-9,11-12,20H2,1-3H3,(H,21,22). The van der Waals surface area contributed by atoms with Crippen molar-refractivity contribution in [2.24, 2.45) is 5.73 Å². The maximum absolute atomic E-state index is 11.6. The van der Waals surface area contributed by atoms with Gasteiger partial charge in [-0.25, -0.2) is 4.79 Å². The van der Waals surface area contributed by atoms with Gasteiger partial charge in [0.2, 0.25) is 0 Å². The van der Waals surface area contributed by atoms with Crippen molar-refractivity contribution in [3.8, 4) is 5.75 Å². The number of nitrogens with two attached hydrogens (primary N) is 1. The molecule has 0 aliphatic carbocycles. The zero-order chi connectivity index (χ0) is 18.3. The minimum atomic E-state index is -0.522. The molecule has 6 nitrogen and oxygen atoms in total. The number of hydrogen-bond donors (Lipinski definition) is 2. The van der Waals surface area contributed by atoms with E-state index in [1.54, 1.807) is 6.26 Å². The van der Waals surface area contributed by atoms with Gasteiger partial charge in [-0.15, -0.1) is 0 Å². The lowest BCUT2D eigenvalue weighted by Gasteiger charge is -2.19. The number of carbonyl (C=O) groups excluding carboxylic acids is 1. The van der Waals surface area contributed by atoms with Gasteiger partial charge in [0.05, 0.1) is 12.8 Å². The number of ether oxygens (including phenoxy) is 2. The first-order valence-corrected chi connectivity index (χ1v) is 8.30. The van der Waals surface area contributed by atoms with Gasteiger partial charge in [-0.05, 0) is 57.5 Å². The van der Waals surface area contributed by atoms with E-state index in [9.17, 15) is 4.79 Å². The van der Waals surface area contributed by atoms with Gasteiger partial charge < -0.3 is 24.9 Å². The van der Waals surface area contributed by atoms with Crippen molar-refractivity contribution in [2.45, 2.75) is 45.9 Å². The van der Waals surface area contributed by atoms with Crippen LogP contribution in [-0.2, 0) is 24.3 Å². The lowest BCUT2D eigenvalue weighted by Crippen LogP contribution is -2.32. The van der Waals surface area contributed by atoms with Crippen LogP contribution in [0.1, 0.15) is 37.7 Å². The summed E-state index contributed by atoms with van der Waals surface area (Å²) >= 11 is 0. The van der Waals surface area contributed by atoms with E-state index in [-0.39, 0.29) is 6.54 Å². The highest BCUT2D eigenvalue weighted by Crippen LogP contribution is 2.16. The Morgan fingerprint density at radius 1 is 1.20 bits per heavy atom. The first kappa shape index (κ1) is 18.9. The molecule has 2 rings (SSSR count). The van der Waals surface area contributed by atoms with Crippen LogP contribution in [0, 0.1) is 0 Å². The van der Waals surface area contributed by atoms with Crippen LogP contribution in [-0.4, -0.2) is 18.2 Å². The van der Waals surface area contributed by atoms with Crippen LogP contribution in [0.2, 0.25) is 0 Å². The molecule has 0 aliphatic rings. The number of rotatable bonds is 7. The van der Waals surface area contributed by atoms with Crippen molar-refractivity contribution in [1.82, 2.24) is 5.32 Å². The molecular formula is C19H26N2O4. The van der Waals surface area contributed by atoms with Gasteiger partial charge in [-0.2, -0.15) is 0 Å². The molecule has 1 amide bonds.